The summed E-state index contributed by atoms with van der Waals surface area (Å²) in [5, 5.41) is 11.8. The Morgan fingerprint density at radius 1 is 0.921 bits per heavy atom. The summed E-state index contributed by atoms with van der Waals surface area (Å²) in [6.45, 7) is -0.971. The van der Waals surface area contributed by atoms with Crippen molar-refractivity contribution in [2.24, 2.45) is 11.5 Å². The molecule has 0 saturated heterocycles. The molecule has 0 heterocycles. The monoisotopic (exact) mass is 521 g/mol. The maximum Gasteiger partial charge on any atom is 0.267 e. The molecule has 0 unspecified atom stereocenters. The van der Waals surface area contributed by atoms with Gasteiger partial charge in [0.15, 0.2) is 0 Å². The van der Waals surface area contributed by atoms with Gasteiger partial charge in [0.25, 0.3) is 5.91 Å². The second kappa shape index (κ2) is 13.1. The molecule has 196 valence electrons. The van der Waals surface area contributed by atoms with Crippen molar-refractivity contribution in [2.45, 2.75) is 12.6 Å². The van der Waals surface area contributed by atoms with Crippen LogP contribution in [0.4, 0.5) is 14.5 Å². The molecule has 9 nitrogen and oxygen atoms in total. The highest BCUT2D eigenvalue weighted by atomic mass is 19.1. The number of carbonyl (C=O) groups excluding carboxylic acids is 3. The molecule has 3 rings (SSSR count). The maximum atomic E-state index is 13.9. The van der Waals surface area contributed by atoms with Crippen LogP contribution in [-0.2, 0) is 16.1 Å². The summed E-state index contributed by atoms with van der Waals surface area (Å²) in [7, 11) is 0. The maximum absolute atomic E-state index is 13.9. The molecule has 0 fully saturated rings. The van der Waals surface area contributed by atoms with Gasteiger partial charge in [-0.05, 0) is 60.7 Å². The van der Waals surface area contributed by atoms with Gasteiger partial charge >= 0.3 is 0 Å². The summed E-state index contributed by atoms with van der Waals surface area (Å²) in [4.78, 5) is 37.6. The van der Waals surface area contributed by atoms with Crippen molar-refractivity contribution in [3.8, 4) is 11.8 Å². The number of nitrogens with one attached hydrogen (secondary N) is 2. The molecule has 0 saturated carbocycles. The fourth-order valence-corrected chi connectivity index (χ4v) is 3.55. The summed E-state index contributed by atoms with van der Waals surface area (Å²) in [5.41, 5.74) is 14.1. The van der Waals surface area contributed by atoms with Gasteiger partial charge < -0.3 is 16.8 Å². The molecular weight excluding hydrogens is 496 g/mol. The van der Waals surface area contributed by atoms with E-state index in [0.717, 1.165) is 17.0 Å². The Bertz CT molecular complexity index is 1350. The number of anilines is 1. The highest BCUT2D eigenvalue weighted by Gasteiger charge is 2.30. The molecule has 0 radical (unpaired) electrons. The third-order valence-corrected chi connectivity index (χ3v) is 5.52. The van der Waals surface area contributed by atoms with Gasteiger partial charge in [-0.1, -0.05) is 17.9 Å². The molecule has 0 bridgehead atoms. The number of carbonyl (C=O) groups is 3. The Balaban J connectivity index is 1.79. The molecule has 3 aromatic rings. The topological polar surface area (TPSA) is 151 Å². The first-order valence-electron chi connectivity index (χ1n) is 11.4. The second-order valence-electron chi connectivity index (χ2n) is 8.03. The average molecular weight is 522 g/mol. The van der Waals surface area contributed by atoms with E-state index >= 15 is 0 Å². The zero-order valence-corrected chi connectivity index (χ0v) is 20.1. The number of hydroxylamine groups is 1. The van der Waals surface area contributed by atoms with Crippen molar-refractivity contribution < 1.29 is 28.4 Å². The van der Waals surface area contributed by atoms with Gasteiger partial charge in [-0.2, -0.15) is 0 Å². The SMILES string of the molecule is NC[C@@H](C(=O)NO)N(C(=O)CNCc1c(F)cccc1F)c1ccc(C#Cc2ccc(C(N)=O)cc2)cc1. The van der Waals surface area contributed by atoms with Crippen molar-refractivity contribution >= 4 is 23.4 Å². The summed E-state index contributed by atoms with van der Waals surface area (Å²) < 4.78 is 27.8. The standard InChI is InChI=1S/C27H25F2N5O4/c28-22-2-1-3-23(29)21(22)15-32-16-25(35)34(24(14-30)27(37)33-38)20-12-8-18(9-13-20)5-4-17-6-10-19(11-7-17)26(31)36/h1-3,6-13,24,32,38H,14-16,30H2,(H2,31,36)(H,33,37)/t24-/m0/s1. The minimum absolute atomic E-state index is 0.234. The van der Waals surface area contributed by atoms with E-state index in [9.17, 15) is 23.2 Å². The molecule has 11 heteroatoms. The lowest BCUT2D eigenvalue weighted by Crippen LogP contribution is -2.55. The molecule has 1 atom stereocenters. The Morgan fingerprint density at radius 2 is 1.47 bits per heavy atom. The number of nitrogens with zero attached hydrogens (tertiary/aromatic N) is 1. The van der Waals surface area contributed by atoms with E-state index in [1.807, 2.05) is 0 Å². The molecule has 3 amide bonds. The minimum Gasteiger partial charge on any atom is -0.366 e. The molecule has 7 N–H and O–H groups in total. The van der Waals surface area contributed by atoms with E-state index in [1.54, 1.807) is 48.5 Å². The van der Waals surface area contributed by atoms with Gasteiger partial charge in [0, 0.05) is 41.0 Å². The Kier molecular flexibility index (Phi) is 9.61. The van der Waals surface area contributed by atoms with E-state index < -0.39 is 35.4 Å². The molecule has 3 aromatic carbocycles. The number of benzene rings is 3. The van der Waals surface area contributed by atoms with E-state index in [4.69, 9.17) is 16.7 Å². The van der Waals surface area contributed by atoms with Crippen LogP contribution in [0.3, 0.4) is 0 Å². The predicted octanol–water partition coefficient (Wildman–Crippen LogP) is 1.42. The lowest BCUT2D eigenvalue weighted by atomic mass is 10.1. The number of amides is 3. The van der Waals surface area contributed by atoms with Crippen LogP contribution in [0.15, 0.2) is 66.7 Å². The molecular formula is C27H25F2N5O4. The highest BCUT2D eigenvalue weighted by molar-refractivity contribution is 6.01. The smallest absolute Gasteiger partial charge is 0.267 e. The zero-order chi connectivity index (χ0) is 27.7. The summed E-state index contributed by atoms with van der Waals surface area (Å²) in [6, 6.07) is 14.9. The Labute approximate surface area is 217 Å². The lowest BCUT2D eigenvalue weighted by Gasteiger charge is -2.29. The van der Waals surface area contributed by atoms with Gasteiger partial charge in [-0.25, -0.2) is 14.3 Å². The second-order valence-corrected chi connectivity index (χ2v) is 8.03. The average Bonchev–Trinajstić information content (AvgIpc) is 2.92. The third kappa shape index (κ3) is 6.98. The largest absolute Gasteiger partial charge is 0.366 e. The molecule has 0 aromatic heterocycles. The van der Waals surface area contributed by atoms with Crippen LogP contribution in [0.2, 0.25) is 0 Å². The van der Waals surface area contributed by atoms with Gasteiger partial charge in [0.1, 0.15) is 17.7 Å². The Morgan fingerprint density at radius 3 is 1.97 bits per heavy atom. The Hall–Kier alpha value is -4.63. The fourth-order valence-electron chi connectivity index (χ4n) is 3.55. The molecule has 0 spiro atoms. The zero-order valence-electron chi connectivity index (χ0n) is 20.1. The van der Waals surface area contributed by atoms with Crippen molar-refractivity contribution in [1.82, 2.24) is 10.8 Å². The molecule has 0 aliphatic heterocycles. The minimum atomic E-state index is -1.26. The van der Waals surface area contributed by atoms with Crippen LogP contribution < -0.4 is 27.2 Å². The first-order chi connectivity index (χ1) is 18.2. The van der Waals surface area contributed by atoms with Gasteiger partial charge in [0.2, 0.25) is 11.8 Å². The summed E-state index contributed by atoms with van der Waals surface area (Å²) in [6.07, 6.45) is 0. The van der Waals surface area contributed by atoms with Crippen LogP contribution in [0.5, 0.6) is 0 Å². The first kappa shape index (κ1) is 27.9. The van der Waals surface area contributed by atoms with E-state index in [-0.39, 0.29) is 30.9 Å². The quantitative estimate of drug-likeness (QED) is 0.163. The van der Waals surface area contributed by atoms with Gasteiger partial charge in [-0.3, -0.25) is 24.5 Å². The molecule has 0 aliphatic rings. The van der Waals surface area contributed by atoms with Crippen molar-refractivity contribution in [1.29, 1.82) is 0 Å². The number of primary amides is 1. The van der Waals surface area contributed by atoms with Crippen LogP contribution in [0.1, 0.15) is 27.0 Å². The van der Waals surface area contributed by atoms with Crippen molar-refractivity contribution in [2.75, 3.05) is 18.0 Å². The van der Waals surface area contributed by atoms with E-state index in [1.165, 1.54) is 11.5 Å². The molecule has 0 aliphatic carbocycles. The van der Waals surface area contributed by atoms with E-state index in [0.29, 0.717) is 16.7 Å². The van der Waals surface area contributed by atoms with Crippen molar-refractivity contribution in [3.05, 3.63) is 101 Å². The normalized spacial score (nSPS) is 11.2. The van der Waals surface area contributed by atoms with E-state index in [2.05, 4.69) is 17.2 Å². The van der Waals surface area contributed by atoms with Crippen molar-refractivity contribution in [3.63, 3.8) is 0 Å². The third-order valence-electron chi connectivity index (χ3n) is 5.52. The summed E-state index contributed by atoms with van der Waals surface area (Å²) in [5.74, 6) is 2.28. The van der Waals surface area contributed by atoms with Crippen LogP contribution >= 0.6 is 0 Å². The van der Waals surface area contributed by atoms with Crippen LogP contribution in [-0.4, -0.2) is 42.1 Å². The number of hydrogen-bond donors (Lipinski definition) is 5. The predicted molar refractivity (Wildman–Crippen MR) is 136 cm³/mol. The van der Waals surface area contributed by atoms with Crippen LogP contribution in [0.25, 0.3) is 0 Å². The number of halogens is 2. The number of rotatable bonds is 9. The number of nitrogens with two attached hydrogens (primary N) is 2. The first-order valence-corrected chi connectivity index (χ1v) is 11.4. The van der Waals surface area contributed by atoms with Crippen LogP contribution in [0, 0.1) is 23.5 Å². The van der Waals surface area contributed by atoms with Gasteiger partial charge in [-0.15, -0.1) is 0 Å². The summed E-state index contributed by atoms with van der Waals surface area (Å²) >= 11 is 0. The highest BCUT2D eigenvalue weighted by Crippen LogP contribution is 2.19. The molecule has 38 heavy (non-hydrogen) atoms. The lowest BCUT2D eigenvalue weighted by molar-refractivity contribution is -0.132. The fraction of sp³-hybridized carbons (Fsp3) is 0.148. The number of hydrogen-bond acceptors (Lipinski definition) is 6. The van der Waals surface area contributed by atoms with Gasteiger partial charge in [0.05, 0.1) is 6.54 Å².